The second-order valence-corrected chi connectivity index (χ2v) is 6.02. The number of fused-ring (bicyclic) bond motifs is 1. The maximum absolute atomic E-state index is 13.4. The van der Waals surface area contributed by atoms with Crippen LogP contribution in [-0.4, -0.2) is 22.4 Å². The summed E-state index contributed by atoms with van der Waals surface area (Å²) < 4.78 is 20.4. The molecule has 0 aliphatic carbocycles. The summed E-state index contributed by atoms with van der Waals surface area (Å²) >= 11 is 3.30. The third kappa shape index (κ3) is 3.07. The van der Waals surface area contributed by atoms with Crippen LogP contribution in [0.3, 0.4) is 0 Å². The van der Waals surface area contributed by atoms with E-state index in [2.05, 4.69) is 20.9 Å². The monoisotopic (exact) mass is 390 g/mol. The van der Waals surface area contributed by atoms with Crippen LogP contribution < -0.4 is 10.3 Å². The Morgan fingerprint density at radius 2 is 2.08 bits per heavy atom. The quantitative estimate of drug-likeness (QED) is 0.641. The van der Waals surface area contributed by atoms with Crippen molar-refractivity contribution in [2.75, 3.05) is 7.11 Å². The molecule has 24 heavy (non-hydrogen) atoms. The molecule has 2 aromatic carbocycles. The van der Waals surface area contributed by atoms with Gasteiger partial charge in [0.05, 0.1) is 36.4 Å². The van der Waals surface area contributed by atoms with Gasteiger partial charge in [0.15, 0.2) is 5.78 Å². The van der Waals surface area contributed by atoms with Gasteiger partial charge in [0.1, 0.15) is 11.6 Å². The van der Waals surface area contributed by atoms with E-state index in [1.54, 1.807) is 18.2 Å². The number of halogens is 2. The van der Waals surface area contributed by atoms with Gasteiger partial charge in [0.25, 0.3) is 5.56 Å². The minimum Gasteiger partial charge on any atom is -0.496 e. The Balaban J connectivity index is 2.01. The van der Waals surface area contributed by atoms with Gasteiger partial charge in [0, 0.05) is 4.47 Å². The van der Waals surface area contributed by atoms with Crippen molar-refractivity contribution < 1.29 is 13.9 Å². The van der Waals surface area contributed by atoms with Gasteiger partial charge in [-0.15, -0.1) is 0 Å². The number of hydrogen-bond acceptors (Lipinski definition) is 4. The number of ether oxygens (including phenoxy) is 1. The molecular formula is C17H12BrFN2O3. The molecule has 0 unspecified atom stereocenters. The van der Waals surface area contributed by atoms with E-state index in [1.165, 1.54) is 30.1 Å². The van der Waals surface area contributed by atoms with E-state index < -0.39 is 11.6 Å². The molecular weight excluding hydrogens is 379 g/mol. The van der Waals surface area contributed by atoms with E-state index in [1.807, 2.05) is 0 Å². The number of rotatable bonds is 4. The van der Waals surface area contributed by atoms with E-state index in [9.17, 15) is 14.0 Å². The smallest absolute Gasteiger partial charge is 0.261 e. The van der Waals surface area contributed by atoms with Crippen molar-refractivity contribution in [1.82, 2.24) is 9.55 Å². The number of methoxy groups -OCH3 is 1. The van der Waals surface area contributed by atoms with Crippen LogP contribution in [0.4, 0.5) is 4.39 Å². The van der Waals surface area contributed by atoms with Gasteiger partial charge in [-0.25, -0.2) is 9.37 Å². The maximum atomic E-state index is 13.4. The molecule has 7 heteroatoms. The third-order valence-electron chi connectivity index (χ3n) is 3.56. The van der Waals surface area contributed by atoms with Crippen molar-refractivity contribution in [3.05, 3.63) is 68.9 Å². The molecule has 122 valence electrons. The van der Waals surface area contributed by atoms with Crippen molar-refractivity contribution in [2.24, 2.45) is 0 Å². The second-order valence-electron chi connectivity index (χ2n) is 5.11. The largest absolute Gasteiger partial charge is 0.496 e. The number of aromatic nitrogens is 2. The summed E-state index contributed by atoms with van der Waals surface area (Å²) in [5, 5.41) is 0.394. The standard InChI is InChI=1S/C17H12BrFN2O3/c1-24-16-5-3-11(19)7-13(16)15(22)8-21-9-20-14-4-2-10(18)6-12(14)17(21)23/h2-7,9H,8H2,1H3. The lowest BCUT2D eigenvalue weighted by molar-refractivity contribution is 0.0967. The van der Waals surface area contributed by atoms with Gasteiger partial charge in [-0.3, -0.25) is 14.2 Å². The molecule has 0 amide bonds. The van der Waals surface area contributed by atoms with Crippen LogP contribution >= 0.6 is 15.9 Å². The molecule has 0 fully saturated rings. The van der Waals surface area contributed by atoms with Crippen molar-refractivity contribution in [3.8, 4) is 5.75 Å². The fraction of sp³-hybridized carbons (Fsp3) is 0.118. The lowest BCUT2D eigenvalue weighted by atomic mass is 10.1. The van der Waals surface area contributed by atoms with Gasteiger partial charge in [-0.05, 0) is 36.4 Å². The van der Waals surface area contributed by atoms with Crippen molar-refractivity contribution in [1.29, 1.82) is 0 Å². The van der Waals surface area contributed by atoms with Gasteiger partial charge in [-0.2, -0.15) is 0 Å². The van der Waals surface area contributed by atoms with E-state index >= 15 is 0 Å². The number of Topliss-reactive ketones (excluding diaryl/α,β-unsaturated/α-hetero) is 1. The molecule has 1 aromatic heterocycles. The average Bonchev–Trinajstić information content (AvgIpc) is 2.57. The molecule has 3 aromatic rings. The third-order valence-corrected chi connectivity index (χ3v) is 4.06. The van der Waals surface area contributed by atoms with Crippen LogP contribution in [-0.2, 0) is 6.54 Å². The predicted molar refractivity (Wildman–Crippen MR) is 91.0 cm³/mol. The van der Waals surface area contributed by atoms with Crippen molar-refractivity contribution in [3.63, 3.8) is 0 Å². The van der Waals surface area contributed by atoms with Gasteiger partial charge in [0.2, 0.25) is 0 Å². The number of carbonyl (C=O) groups excluding carboxylic acids is 1. The Bertz CT molecular complexity index is 1000. The molecule has 3 rings (SSSR count). The number of benzene rings is 2. The highest BCUT2D eigenvalue weighted by molar-refractivity contribution is 9.10. The molecule has 1 heterocycles. The molecule has 5 nitrogen and oxygen atoms in total. The van der Waals surface area contributed by atoms with Crippen LogP contribution in [0.15, 0.2) is 52.0 Å². The highest BCUT2D eigenvalue weighted by Gasteiger charge is 2.15. The summed E-state index contributed by atoms with van der Waals surface area (Å²) in [7, 11) is 1.39. The van der Waals surface area contributed by atoms with Gasteiger partial charge < -0.3 is 4.74 Å². The van der Waals surface area contributed by atoms with Gasteiger partial charge in [-0.1, -0.05) is 15.9 Å². The topological polar surface area (TPSA) is 61.2 Å². The minimum atomic E-state index is -0.549. The first-order valence-electron chi connectivity index (χ1n) is 7.01. The average molecular weight is 391 g/mol. The van der Waals surface area contributed by atoms with Crippen LogP contribution in [0.1, 0.15) is 10.4 Å². The lowest BCUT2D eigenvalue weighted by Crippen LogP contribution is -2.25. The van der Waals surface area contributed by atoms with Crippen LogP contribution in [0.25, 0.3) is 10.9 Å². The summed E-state index contributed by atoms with van der Waals surface area (Å²) in [6.07, 6.45) is 1.31. The number of ketones is 1. The van der Waals surface area contributed by atoms with Crippen LogP contribution in [0.2, 0.25) is 0 Å². The zero-order valence-electron chi connectivity index (χ0n) is 12.6. The zero-order valence-corrected chi connectivity index (χ0v) is 14.2. The van der Waals surface area contributed by atoms with E-state index in [0.29, 0.717) is 10.9 Å². The second kappa shape index (κ2) is 6.52. The van der Waals surface area contributed by atoms with E-state index in [-0.39, 0.29) is 23.4 Å². The van der Waals surface area contributed by atoms with E-state index in [4.69, 9.17) is 4.74 Å². The Hall–Kier alpha value is -2.54. The summed E-state index contributed by atoms with van der Waals surface area (Å²) in [5.74, 6) is -0.734. The summed E-state index contributed by atoms with van der Waals surface area (Å²) in [5.41, 5.74) is 0.277. The summed E-state index contributed by atoms with van der Waals surface area (Å²) in [6, 6.07) is 8.81. The summed E-state index contributed by atoms with van der Waals surface area (Å²) in [6.45, 7) is -0.256. The number of hydrogen-bond donors (Lipinski definition) is 0. The zero-order chi connectivity index (χ0) is 17.3. The van der Waals surface area contributed by atoms with Gasteiger partial charge >= 0.3 is 0 Å². The molecule has 0 saturated heterocycles. The number of nitrogens with zero attached hydrogens (tertiary/aromatic N) is 2. The fourth-order valence-corrected chi connectivity index (χ4v) is 2.74. The van der Waals surface area contributed by atoms with Crippen molar-refractivity contribution in [2.45, 2.75) is 6.54 Å². The Labute approximate surface area is 144 Å². The van der Waals surface area contributed by atoms with Crippen LogP contribution in [0, 0.1) is 5.82 Å². The Morgan fingerprint density at radius 1 is 1.29 bits per heavy atom. The minimum absolute atomic E-state index is 0.0822. The molecule has 0 spiro atoms. The lowest BCUT2D eigenvalue weighted by Gasteiger charge is -2.09. The Kier molecular flexibility index (Phi) is 4.44. The first-order chi connectivity index (χ1) is 11.5. The molecule has 0 aliphatic heterocycles. The maximum Gasteiger partial charge on any atom is 0.261 e. The number of carbonyl (C=O) groups is 1. The van der Waals surface area contributed by atoms with Crippen molar-refractivity contribution >= 4 is 32.6 Å². The molecule has 0 radical (unpaired) electrons. The predicted octanol–water partition coefficient (Wildman–Crippen LogP) is 3.19. The summed E-state index contributed by atoms with van der Waals surface area (Å²) in [4.78, 5) is 29.1. The molecule has 0 N–H and O–H groups in total. The fourth-order valence-electron chi connectivity index (χ4n) is 2.38. The van der Waals surface area contributed by atoms with Crippen LogP contribution in [0.5, 0.6) is 5.75 Å². The highest BCUT2D eigenvalue weighted by Crippen LogP contribution is 2.20. The van der Waals surface area contributed by atoms with E-state index in [0.717, 1.165) is 10.5 Å². The highest BCUT2D eigenvalue weighted by atomic mass is 79.9. The molecule has 0 saturated carbocycles. The Morgan fingerprint density at radius 3 is 2.83 bits per heavy atom. The first kappa shape index (κ1) is 16.3. The normalized spacial score (nSPS) is 10.8. The molecule has 0 atom stereocenters. The first-order valence-corrected chi connectivity index (χ1v) is 7.80. The SMILES string of the molecule is COc1ccc(F)cc1C(=O)Cn1cnc2ccc(Br)cc2c1=O. The molecule has 0 bridgehead atoms. The molecule has 0 aliphatic rings.